The molecule has 0 spiro atoms. The van der Waals surface area contributed by atoms with Crippen LogP contribution in [0, 0.1) is 5.82 Å². The smallest absolute Gasteiger partial charge is 0.336 e. The van der Waals surface area contributed by atoms with Crippen LogP contribution in [0.4, 0.5) is 4.39 Å². The molecule has 0 heterocycles. The second-order valence-electron chi connectivity index (χ2n) is 3.62. The van der Waals surface area contributed by atoms with Gasteiger partial charge in [-0.15, -0.1) is 0 Å². The molecule has 0 radical (unpaired) electrons. The molecular formula is C13H7BrClFO3. The Morgan fingerprint density at radius 1 is 1.26 bits per heavy atom. The third-order valence-electron chi connectivity index (χ3n) is 2.29. The van der Waals surface area contributed by atoms with Crippen molar-refractivity contribution in [2.45, 2.75) is 0 Å². The summed E-state index contributed by atoms with van der Waals surface area (Å²) in [6.45, 7) is 0. The molecule has 98 valence electrons. The molecule has 1 N–H and O–H groups in total. The highest BCUT2D eigenvalue weighted by molar-refractivity contribution is 9.10. The van der Waals surface area contributed by atoms with Gasteiger partial charge in [-0.2, -0.15) is 0 Å². The van der Waals surface area contributed by atoms with E-state index in [2.05, 4.69) is 15.9 Å². The molecule has 0 amide bonds. The summed E-state index contributed by atoms with van der Waals surface area (Å²) in [5.74, 6) is -0.818. The molecule has 0 aliphatic carbocycles. The fourth-order valence-corrected chi connectivity index (χ4v) is 2.15. The van der Waals surface area contributed by atoms with Crippen molar-refractivity contribution >= 4 is 33.5 Å². The molecule has 0 saturated carbocycles. The predicted molar refractivity (Wildman–Crippen MR) is 72.6 cm³/mol. The van der Waals surface area contributed by atoms with Gasteiger partial charge in [0.25, 0.3) is 0 Å². The Labute approximate surface area is 121 Å². The first-order valence-corrected chi connectivity index (χ1v) is 6.30. The van der Waals surface area contributed by atoms with Gasteiger partial charge in [0.15, 0.2) is 0 Å². The Morgan fingerprint density at radius 3 is 2.58 bits per heavy atom. The first-order valence-electron chi connectivity index (χ1n) is 5.13. The summed E-state index contributed by atoms with van der Waals surface area (Å²) in [6, 6.07) is 8.16. The zero-order valence-electron chi connectivity index (χ0n) is 9.36. The molecule has 0 fully saturated rings. The molecule has 3 nitrogen and oxygen atoms in total. The summed E-state index contributed by atoms with van der Waals surface area (Å²) in [5, 5.41) is 9.02. The lowest BCUT2D eigenvalue weighted by molar-refractivity contribution is 0.0696. The summed E-state index contributed by atoms with van der Waals surface area (Å²) in [7, 11) is 0. The quantitative estimate of drug-likeness (QED) is 0.874. The number of hydrogen-bond donors (Lipinski definition) is 1. The fourth-order valence-electron chi connectivity index (χ4n) is 1.42. The molecule has 0 bridgehead atoms. The number of aromatic carboxylic acids is 1. The van der Waals surface area contributed by atoms with Gasteiger partial charge in [0.2, 0.25) is 0 Å². The lowest BCUT2D eigenvalue weighted by atomic mass is 10.2. The number of carboxylic acids is 1. The third kappa shape index (κ3) is 3.24. The zero-order chi connectivity index (χ0) is 14.0. The number of carbonyl (C=O) groups is 1. The van der Waals surface area contributed by atoms with Gasteiger partial charge in [-0.1, -0.05) is 11.6 Å². The van der Waals surface area contributed by atoms with Crippen LogP contribution >= 0.6 is 27.5 Å². The van der Waals surface area contributed by atoms with E-state index in [1.54, 1.807) is 0 Å². The van der Waals surface area contributed by atoms with Crippen molar-refractivity contribution in [3.8, 4) is 11.5 Å². The van der Waals surface area contributed by atoms with Gasteiger partial charge in [-0.3, -0.25) is 0 Å². The summed E-state index contributed by atoms with van der Waals surface area (Å²) < 4.78 is 18.7. The fraction of sp³-hybridized carbons (Fsp3) is 0. The molecule has 0 unspecified atom stereocenters. The van der Waals surface area contributed by atoms with E-state index in [9.17, 15) is 9.18 Å². The van der Waals surface area contributed by atoms with Crippen molar-refractivity contribution < 1.29 is 19.0 Å². The first-order chi connectivity index (χ1) is 8.97. The minimum absolute atomic E-state index is 0.123. The van der Waals surface area contributed by atoms with Crippen molar-refractivity contribution in [1.29, 1.82) is 0 Å². The maximum absolute atomic E-state index is 12.9. The topological polar surface area (TPSA) is 46.5 Å². The second kappa shape index (κ2) is 5.59. The van der Waals surface area contributed by atoms with Gasteiger partial charge in [0, 0.05) is 4.47 Å². The molecule has 6 heteroatoms. The van der Waals surface area contributed by atoms with Crippen molar-refractivity contribution in [2.75, 3.05) is 0 Å². The molecule has 2 aromatic carbocycles. The number of carboxylic acid groups (broad SMARTS) is 1. The predicted octanol–water partition coefficient (Wildman–Crippen LogP) is 4.73. The first kappa shape index (κ1) is 13.8. The molecule has 0 aliphatic heterocycles. The number of rotatable bonds is 3. The molecule has 0 atom stereocenters. The Bertz CT molecular complexity index is 646. The van der Waals surface area contributed by atoms with Gasteiger partial charge in [-0.25, -0.2) is 9.18 Å². The van der Waals surface area contributed by atoms with Crippen LogP contribution < -0.4 is 4.74 Å². The lowest BCUT2D eigenvalue weighted by Crippen LogP contribution is -1.97. The normalized spacial score (nSPS) is 10.3. The van der Waals surface area contributed by atoms with Gasteiger partial charge >= 0.3 is 5.97 Å². The average Bonchev–Trinajstić information content (AvgIpc) is 2.32. The monoisotopic (exact) mass is 344 g/mol. The van der Waals surface area contributed by atoms with Gasteiger partial charge < -0.3 is 9.84 Å². The van der Waals surface area contributed by atoms with Crippen LogP contribution in [0.1, 0.15) is 10.4 Å². The third-order valence-corrected chi connectivity index (χ3v) is 3.24. The van der Waals surface area contributed by atoms with Crippen LogP contribution in [0.5, 0.6) is 11.5 Å². The molecule has 0 saturated heterocycles. The molecular weight excluding hydrogens is 338 g/mol. The Morgan fingerprint density at radius 2 is 2.00 bits per heavy atom. The molecule has 0 aromatic heterocycles. The molecule has 19 heavy (non-hydrogen) atoms. The Balaban J connectivity index is 2.29. The molecule has 2 rings (SSSR count). The standard InChI is InChI=1S/C13H7BrClFO3/c14-10-6-8(2-3-9(10)13(17)18)19-12-4-1-7(16)5-11(12)15/h1-6H,(H,17,18). The molecule has 2 aromatic rings. The Kier molecular flexibility index (Phi) is 4.07. The van der Waals surface area contributed by atoms with Crippen molar-refractivity contribution in [1.82, 2.24) is 0 Å². The average molecular weight is 346 g/mol. The summed E-state index contributed by atoms with van der Waals surface area (Å²) in [6.07, 6.45) is 0. The summed E-state index contributed by atoms with van der Waals surface area (Å²) >= 11 is 8.97. The minimum atomic E-state index is -1.04. The van der Waals surface area contributed by atoms with E-state index in [0.29, 0.717) is 10.2 Å². The van der Waals surface area contributed by atoms with E-state index in [0.717, 1.165) is 6.07 Å². The molecule has 0 aliphatic rings. The van der Waals surface area contributed by atoms with Gasteiger partial charge in [0.05, 0.1) is 10.6 Å². The highest BCUT2D eigenvalue weighted by atomic mass is 79.9. The minimum Gasteiger partial charge on any atom is -0.478 e. The van der Waals surface area contributed by atoms with Crippen molar-refractivity contribution in [2.24, 2.45) is 0 Å². The Hall–Kier alpha value is -1.59. The SMILES string of the molecule is O=C(O)c1ccc(Oc2ccc(F)cc2Cl)cc1Br. The summed E-state index contributed by atoms with van der Waals surface area (Å²) in [5.41, 5.74) is 0.123. The van der Waals surface area contributed by atoms with E-state index in [4.69, 9.17) is 21.4 Å². The van der Waals surface area contributed by atoms with E-state index < -0.39 is 11.8 Å². The van der Waals surface area contributed by atoms with Crippen LogP contribution in [0.15, 0.2) is 40.9 Å². The van der Waals surface area contributed by atoms with Gasteiger partial charge in [-0.05, 0) is 52.3 Å². The van der Waals surface area contributed by atoms with Crippen LogP contribution in [-0.4, -0.2) is 11.1 Å². The highest BCUT2D eigenvalue weighted by Gasteiger charge is 2.10. The van der Waals surface area contributed by atoms with Gasteiger partial charge in [0.1, 0.15) is 17.3 Å². The van der Waals surface area contributed by atoms with Crippen LogP contribution in [-0.2, 0) is 0 Å². The number of ether oxygens (including phenoxy) is 1. The van der Waals surface area contributed by atoms with E-state index in [1.807, 2.05) is 0 Å². The number of hydrogen-bond acceptors (Lipinski definition) is 2. The zero-order valence-corrected chi connectivity index (χ0v) is 11.7. The van der Waals surface area contributed by atoms with Crippen LogP contribution in [0.25, 0.3) is 0 Å². The maximum atomic E-state index is 12.9. The largest absolute Gasteiger partial charge is 0.478 e. The highest BCUT2D eigenvalue weighted by Crippen LogP contribution is 2.32. The van der Waals surface area contributed by atoms with Crippen LogP contribution in [0.3, 0.4) is 0 Å². The number of benzene rings is 2. The summed E-state index contributed by atoms with van der Waals surface area (Å²) in [4.78, 5) is 10.8. The van der Waals surface area contributed by atoms with E-state index >= 15 is 0 Å². The second-order valence-corrected chi connectivity index (χ2v) is 4.89. The van der Waals surface area contributed by atoms with E-state index in [-0.39, 0.29) is 16.3 Å². The van der Waals surface area contributed by atoms with Crippen molar-refractivity contribution in [3.05, 3.63) is 57.3 Å². The number of halogens is 3. The van der Waals surface area contributed by atoms with E-state index in [1.165, 1.54) is 30.3 Å². The van der Waals surface area contributed by atoms with Crippen LogP contribution in [0.2, 0.25) is 5.02 Å². The maximum Gasteiger partial charge on any atom is 0.336 e. The van der Waals surface area contributed by atoms with Crippen molar-refractivity contribution in [3.63, 3.8) is 0 Å². The lowest BCUT2D eigenvalue weighted by Gasteiger charge is -2.08.